The van der Waals surface area contributed by atoms with E-state index in [1.807, 2.05) is 6.07 Å². The van der Waals surface area contributed by atoms with Gasteiger partial charge in [-0.15, -0.1) is 0 Å². The molecular weight excluding hydrogens is 232 g/mol. The molecule has 1 aliphatic heterocycles. The number of nitrogens with zero attached hydrogens (tertiary/aromatic N) is 2. The maximum Gasteiger partial charge on any atom is 0.234 e. The first kappa shape index (κ1) is 14.9. The van der Waals surface area contributed by atoms with Gasteiger partial charge in [-0.05, 0) is 12.8 Å². The van der Waals surface area contributed by atoms with Crippen molar-refractivity contribution in [1.82, 2.24) is 10.2 Å². The number of hydrogen-bond donors (Lipinski definition) is 2. The van der Waals surface area contributed by atoms with Gasteiger partial charge in [0.25, 0.3) is 0 Å². The smallest absolute Gasteiger partial charge is 0.234 e. The lowest BCUT2D eigenvalue weighted by Crippen LogP contribution is -2.51. The van der Waals surface area contributed by atoms with Gasteiger partial charge in [0, 0.05) is 32.8 Å². The second kappa shape index (κ2) is 8.03. The molecule has 0 saturated carbocycles. The summed E-state index contributed by atoms with van der Waals surface area (Å²) in [5.41, 5.74) is 5.74. The van der Waals surface area contributed by atoms with Crippen LogP contribution in [0.1, 0.15) is 19.3 Å². The summed E-state index contributed by atoms with van der Waals surface area (Å²) < 4.78 is 5.34. The lowest BCUT2D eigenvalue weighted by atomic mass is 9.99. The van der Waals surface area contributed by atoms with E-state index in [-0.39, 0.29) is 18.1 Å². The molecule has 2 atom stereocenters. The Kier molecular flexibility index (Phi) is 6.65. The Balaban J connectivity index is 2.36. The minimum absolute atomic E-state index is 0.0421. The first-order chi connectivity index (χ1) is 8.71. The number of carbonyl (C=O) groups excluding carboxylic acids is 1. The van der Waals surface area contributed by atoms with Crippen molar-refractivity contribution in [1.29, 1.82) is 5.26 Å². The maximum absolute atomic E-state index is 11.7. The average molecular weight is 254 g/mol. The van der Waals surface area contributed by atoms with Gasteiger partial charge in [0.05, 0.1) is 25.1 Å². The zero-order valence-corrected chi connectivity index (χ0v) is 10.9. The number of nitrogens with two attached hydrogens (primary N) is 1. The van der Waals surface area contributed by atoms with Crippen LogP contribution in [0.5, 0.6) is 0 Å². The largest absolute Gasteiger partial charge is 0.381 e. The lowest BCUT2D eigenvalue weighted by molar-refractivity contribution is -0.123. The van der Waals surface area contributed by atoms with Crippen molar-refractivity contribution in [3.05, 3.63) is 0 Å². The third-order valence-corrected chi connectivity index (χ3v) is 3.30. The molecule has 3 N–H and O–H groups in total. The zero-order valence-electron chi connectivity index (χ0n) is 10.9. The van der Waals surface area contributed by atoms with E-state index in [9.17, 15) is 4.79 Å². The number of rotatable bonds is 6. The molecule has 18 heavy (non-hydrogen) atoms. The van der Waals surface area contributed by atoms with Crippen molar-refractivity contribution in [2.45, 2.75) is 31.4 Å². The molecule has 1 amide bonds. The standard InChI is InChI=1S/C12H22N4O2/c1-18-11-3-6-16(10(7-11)8-14)9-12(17)15-5-2-4-13/h10-11H,2-3,5-9,14H2,1H3,(H,15,17). The second-order valence-corrected chi connectivity index (χ2v) is 4.50. The van der Waals surface area contributed by atoms with Gasteiger partial charge in [0.1, 0.15) is 0 Å². The molecule has 6 heteroatoms. The number of ether oxygens (including phenoxy) is 1. The summed E-state index contributed by atoms with van der Waals surface area (Å²) in [6, 6.07) is 2.19. The fourth-order valence-corrected chi connectivity index (χ4v) is 2.23. The Labute approximate surface area is 108 Å². The number of nitrogens with one attached hydrogen (secondary N) is 1. The molecule has 1 fully saturated rings. The summed E-state index contributed by atoms with van der Waals surface area (Å²) in [6.07, 6.45) is 2.39. The Morgan fingerprint density at radius 3 is 3.06 bits per heavy atom. The normalized spacial score (nSPS) is 24.5. The van der Waals surface area contributed by atoms with E-state index < -0.39 is 0 Å². The monoisotopic (exact) mass is 254 g/mol. The highest BCUT2D eigenvalue weighted by atomic mass is 16.5. The van der Waals surface area contributed by atoms with Crippen molar-refractivity contribution < 1.29 is 9.53 Å². The molecule has 6 nitrogen and oxygen atoms in total. The van der Waals surface area contributed by atoms with Crippen LogP contribution in [0.2, 0.25) is 0 Å². The summed E-state index contributed by atoms with van der Waals surface area (Å²) in [5, 5.41) is 11.1. The van der Waals surface area contributed by atoms with E-state index in [0.29, 0.717) is 26.1 Å². The summed E-state index contributed by atoms with van der Waals surface area (Å²) in [6.45, 7) is 2.12. The van der Waals surface area contributed by atoms with Crippen LogP contribution in [0.3, 0.4) is 0 Å². The highest BCUT2D eigenvalue weighted by Crippen LogP contribution is 2.18. The topological polar surface area (TPSA) is 91.4 Å². The Morgan fingerprint density at radius 2 is 2.44 bits per heavy atom. The van der Waals surface area contributed by atoms with Crippen molar-refractivity contribution in [3.63, 3.8) is 0 Å². The van der Waals surface area contributed by atoms with Gasteiger partial charge >= 0.3 is 0 Å². The van der Waals surface area contributed by atoms with E-state index in [4.69, 9.17) is 15.7 Å². The lowest BCUT2D eigenvalue weighted by Gasteiger charge is -2.37. The first-order valence-electron chi connectivity index (χ1n) is 6.31. The number of amides is 1. The molecule has 0 aromatic heterocycles. The molecule has 2 unspecified atom stereocenters. The van der Waals surface area contributed by atoms with Gasteiger partial charge in [-0.2, -0.15) is 5.26 Å². The molecule has 0 radical (unpaired) electrons. The Morgan fingerprint density at radius 1 is 1.67 bits per heavy atom. The van der Waals surface area contributed by atoms with Crippen LogP contribution in [-0.4, -0.2) is 56.2 Å². The number of methoxy groups -OCH3 is 1. The van der Waals surface area contributed by atoms with E-state index in [1.165, 1.54) is 0 Å². The SMILES string of the molecule is COC1CCN(CC(=O)NCCC#N)C(CN)C1. The summed E-state index contributed by atoms with van der Waals surface area (Å²) in [4.78, 5) is 13.8. The van der Waals surface area contributed by atoms with Gasteiger partial charge in [-0.25, -0.2) is 0 Å². The molecule has 1 rings (SSSR count). The third kappa shape index (κ3) is 4.61. The number of likely N-dealkylation sites (tertiary alicyclic amines) is 1. The van der Waals surface area contributed by atoms with Crippen LogP contribution >= 0.6 is 0 Å². The summed E-state index contributed by atoms with van der Waals surface area (Å²) in [7, 11) is 1.71. The number of piperidine rings is 1. The van der Waals surface area contributed by atoms with E-state index in [1.54, 1.807) is 7.11 Å². The van der Waals surface area contributed by atoms with Crippen molar-refractivity contribution in [2.24, 2.45) is 5.73 Å². The molecule has 0 aromatic rings. The highest BCUT2D eigenvalue weighted by molar-refractivity contribution is 5.78. The fraction of sp³-hybridized carbons (Fsp3) is 0.833. The predicted octanol–water partition coefficient (Wildman–Crippen LogP) is -0.546. The maximum atomic E-state index is 11.7. The predicted molar refractivity (Wildman–Crippen MR) is 67.7 cm³/mol. The number of nitriles is 1. The molecule has 0 aromatic carbocycles. The highest BCUT2D eigenvalue weighted by Gasteiger charge is 2.28. The fourth-order valence-electron chi connectivity index (χ4n) is 2.23. The van der Waals surface area contributed by atoms with Crippen LogP contribution in [0, 0.1) is 11.3 Å². The Hall–Kier alpha value is -1.16. The second-order valence-electron chi connectivity index (χ2n) is 4.50. The first-order valence-corrected chi connectivity index (χ1v) is 6.31. The number of hydrogen-bond acceptors (Lipinski definition) is 5. The molecule has 0 aliphatic carbocycles. The summed E-state index contributed by atoms with van der Waals surface area (Å²) >= 11 is 0. The van der Waals surface area contributed by atoms with Crippen LogP contribution < -0.4 is 11.1 Å². The minimum Gasteiger partial charge on any atom is -0.381 e. The molecule has 0 bridgehead atoms. The molecular formula is C12H22N4O2. The minimum atomic E-state index is -0.0421. The van der Waals surface area contributed by atoms with Crippen molar-refractivity contribution in [3.8, 4) is 6.07 Å². The third-order valence-electron chi connectivity index (χ3n) is 3.30. The van der Waals surface area contributed by atoms with E-state index >= 15 is 0 Å². The van der Waals surface area contributed by atoms with Crippen LogP contribution in [0.25, 0.3) is 0 Å². The van der Waals surface area contributed by atoms with E-state index in [2.05, 4.69) is 10.2 Å². The van der Waals surface area contributed by atoms with Gasteiger partial charge in [0.15, 0.2) is 0 Å². The molecule has 0 spiro atoms. The molecule has 1 heterocycles. The van der Waals surface area contributed by atoms with Crippen molar-refractivity contribution >= 4 is 5.91 Å². The Bertz CT molecular complexity index is 303. The van der Waals surface area contributed by atoms with Gasteiger partial charge in [-0.1, -0.05) is 0 Å². The van der Waals surface area contributed by atoms with E-state index in [0.717, 1.165) is 19.4 Å². The molecule has 1 saturated heterocycles. The number of carbonyl (C=O) groups is 1. The van der Waals surface area contributed by atoms with Gasteiger partial charge in [-0.3, -0.25) is 9.69 Å². The van der Waals surface area contributed by atoms with Gasteiger partial charge in [0.2, 0.25) is 5.91 Å². The van der Waals surface area contributed by atoms with Crippen LogP contribution in [0.4, 0.5) is 0 Å². The molecule has 1 aliphatic rings. The van der Waals surface area contributed by atoms with Crippen molar-refractivity contribution in [2.75, 3.05) is 33.3 Å². The molecule has 102 valence electrons. The zero-order chi connectivity index (χ0) is 13.4. The average Bonchev–Trinajstić information content (AvgIpc) is 2.39. The van der Waals surface area contributed by atoms with Crippen LogP contribution in [0.15, 0.2) is 0 Å². The van der Waals surface area contributed by atoms with Crippen LogP contribution in [-0.2, 0) is 9.53 Å². The van der Waals surface area contributed by atoms with Gasteiger partial charge < -0.3 is 15.8 Å². The summed E-state index contributed by atoms with van der Waals surface area (Å²) in [5.74, 6) is -0.0421. The quantitative estimate of drug-likeness (QED) is 0.621.